The van der Waals surface area contributed by atoms with Gasteiger partial charge in [-0.25, -0.2) is 0 Å². The number of benzene rings is 2. The summed E-state index contributed by atoms with van der Waals surface area (Å²) in [5, 5.41) is 0. The van der Waals surface area contributed by atoms with Gasteiger partial charge in [-0.3, -0.25) is 0 Å². The van der Waals surface area contributed by atoms with Gasteiger partial charge < -0.3 is 15.2 Å². The maximum atomic E-state index is 5.92. The zero-order valence-electron chi connectivity index (χ0n) is 11.5. The second kappa shape index (κ2) is 5.76. The van der Waals surface area contributed by atoms with Gasteiger partial charge in [-0.2, -0.15) is 0 Å². The molecule has 0 aliphatic carbocycles. The van der Waals surface area contributed by atoms with Crippen LogP contribution in [0.15, 0.2) is 42.5 Å². The third-order valence-corrected chi connectivity index (χ3v) is 3.13. The molecule has 3 heteroatoms. The summed E-state index contributed by atoms with van der Waals surface area (Å²) >= 11 is 0. The number of nitrogens with two attached hydrogens (primary N) is 1. The van der Waals surface area contributed by atoms with Crippen LogP contribution in [-0.2, 0) is 0 Å². The van der Waals surface area contributed by atoms with Gasteiger partial charge in [-0.15, -0.1) is 0 Å². The fourth-order valence-corrected chi connectivity index (χ4v) is 2.02. The van der Waals surface area contributed by atoms with E-state index < -0.39 is 0 Å². The molecular formula is C16H19NO2. The smallest absolute Gasteiger partial charge is 0.161 e. The van der Waals surface area contributed by atoms with Crippen molar-refractivity contribution in [3.05, 3.63) is 48.0 Å². The molecule has 19 heavy (non-hydrogen) atoms. The molecule has 2 aromatic carbocycles. The minimum atomic E-state index is 0.0279. The van der Waals surface area contributed by atoms with Crippen LogP contribution >= 0.6 is 0 Å². The van der Waals surface area contributed by atoms with Crippen LogP contribution in [0.4, 0.5) is 0 Å². The Kier molecular flexibility index (Phi) is 4.07. The highest BCUT2D eigenvalue weighted by atomic mass is 16.5. The highest BCUT2D eigenvalue weighted by Crippen LogP contribution is 2.32. The van der Waals surface area contributed by atoms with Crippen LogP contribution in [0.3, 0.4) is 0 Å². The topological polar surface area (TPSA) is 44.5 Å². The van der Waals surface area contributed by atoms with Crippen molar-refractivity contribution in [1.29, 1.82) is 0 Å². The van der Waals surface area contributed by atoms with Gasteiger partial charge in [0.2, 0.25) is 0 Å². The Balaban J connectivity index is 2.44. The average molecular weight is 257 g/mol. The van der Waals surface area contributed by atoms with E-state index in [1.54, 1.807) is 14.2 Å². The van der Waals surface area contributed by atoms with Crippen LogP contribution < -0.4 is 15.2 Å². The number of rotatable bonds is 4. The predicted octanol–water partition coefficient (Wildman–Crippen LogP) is 3.39. The van der Waals surface area contributed by atoms with Crippen molar-refractivity contribution < 1.29 is 9.47 Å². The van der Waals surface area contributed by atoms with Gasteiger partial charge in [0.1, 0.15) is 0 Å². The Bertz CT molecular complexity index is 564. The summed E-state index contributed by atoms with van der Waals surface area (Å²) in [6, 6.07) is 14.1. The molecular weight excluding hydrogens is 238 g/mol. The fourth-order valence-electron chi connectivity index (χ4n) is 2.02. The highest BCUT2D eigenvalue weighted by molar-refractivity contribution is 5.68. The molecule has 2 aromatic rings. The van der Waals surface area contributed by atoms with Crippen molar-refractivity contribution in [2.75, 3.05) is 14.2 Å². The molecule has 0 heterocycles. The number of hydrogen-bond donors (Lipinski definition) is 1. The zero-order chi connectivity index (χ0) is 13.8. The summed E-state index contributed by atoms with van der Waals surface area (Å²) in [7, 11) is 3.27. The van der Waals surface area contributed by atoms with Crippen molar-refractivity contribution in [2.24, 2.45) is 5.73 Å². The van der Waals surface area contributed by atoms with Gasteiger partial charge >= 0.3 is 0 Å². The van der Waals surface area contributed by atoms with Gasteiger partial charge in [-0.05, 0) is 41.8 Å². The van der Waals surface area contributed by atoms with E-state index in [9.17, 15) is 0 Å². The van der Waals surface area contributed by atoms with Gasteiger partial charge in [-0.1, -0.05) is 24.3 Å². The summed E-state index contributed by atoms with van der Waals surface area (Å²) in [4.78, 5) is 0. The molecule has 0 amide bonds. The van der Waals surface area contributed by atoms with Crippen molar-refractivity contribution in [1.82, 2.24) is 0 Å². The molecule has 1 unspecified atom stereocenters. The Labute approximate surface area is 114 Å². The van der Waals surface area contributed by atoms with Crippen molar-refractivity contribution in [3.8, 4) is 22.6 Å². The van der Waals surface area contributed by atoms with Crippen LogP contribution in [0.1, 0.15) is 18.5 Å². The Hall–Kier alpha value is -2.00. The minimum Gasteiger partial charge on any atom is -0.493 e. The third kappa shape index (κ3) is 2.88. The zero-order valence-corrected chi connectivity index (χ0v) is 11.5. The Morgan fingerprint density at radius 2 is 1.58 bits per heavy atom. The van der Waals surface area contributed by atoms with Crippen LogP contribution in [0.5, 0.6) is 11.5 Å². The first-order valence-electron chi connectivity index (χ1n) is 6.23. The molecule has 2 rings (SSSR count). The van der Waals surface area contributed by atoms with E-state index in [1.807, 2.05) is 37.3 Å². The molecule has 0 saturated heterocycles. The maximum Gasteiger partial charge on any atom is 0.161 e. The van der Waals surface area contributed by atoms with Gasteiger partial charge in [0.05, 0.1) is 14.2 Å². The number of hydrogen-bond acceptors (Lipinski definition) is 3. The molecule has 1 atom stereocenters. The lowest BCUT2D eigenvalue weighted by Gasteiger charge is -2.11. The fraction of sp³-hybridized carbons (Fsp3) is 0.250. The van der Waals surface area contributed by atoms with Crippen molar-refractivity contribution in [3.63, 3.8) is 0 Å². The quantitative estimate of drug-likeness (QED) is 0.913. The molecule has 0 saturated carbocycles. The maximum absolute atomic E-state index is 5.92. The molecule has 0 bridgehead atoms. The van der Waals surface area contributed by atoms with E-state index in [2.05, 4.69) is 12.1 Å². The minimum absolute atomic E-state index is 0.0279. The largest absolute Gasteiger partial charge is 0.493 e. The number of methoxy groups -OCH3 is 2. The van der Waals surface area contributed by atoms with Gasteiger partial charge in [0.15, 0.2) is 11.5 Å². The second-order valence-electron chi connectivity index (χ2n) is 4.48. The molecule has 0 fully saturated rings. The van der Waals surface area contributed by atoms with Gasteiger partial charge in [0, 0.05) is 6.04 Å². The first kappa shape index (κ1) is 13.4. The normalized spacial score (nSPS) is 12.0. The third-order valence-electron chi connectivity index (χ3n) is 3.13. The summed E-state index contributed by atoms with van der Waals surface area (Å²) in [5.74, 6) is 1.46. The molecule has 0 aliphatic rings. The summed E-state index contributed by atoms with van der Waals surface area (Å²) in [6.45, 7) is 1.98. The van der Waals surface area contributed by atoms with Crippen molar-refractivity contribution >= 4 is 0 Å². The summed E-state index contributed by atoms with van der Waals surface area (Å²) in [6.07, 6.45) is 0. The van der Waals surface area contributed by atoms with E-state index in [1.165, 1.54) is 0 Å². The van der Waals surface area contributed by atoms with E-state index in [0.717, 1.165) is 28.2 Å². The van der Waals surface area contributed by atoms with Crippen LogP contribution in [0.25, 0.3) is 11.1 Å². The van der Waals surface area contributed by atoms with Crippen LogP contribution in [0.2, 0.25) is 0 Å². The molecule has 0 aliphatic heterocycles. The van der Waals surface area contributed by atoms with Gasteiger partial charge in [0.25, 0.3) is 0 Å². The lowest BCUT2D eigenvalue weighted by molar-refractivity contribution is 0.355. The van der Waals surface area contributed by atoms with E-state index in [0.29, 0.717) is 0 Å². The lowest BCUT2D eigenvalue weighted by Crippen LogP contribution is -2.04. The first-order chi connectivity index (χ1) is 9.15. The first-order valence-corrected chi connectivity index (χ1v) is 6.23. The van der Waals surface area contributed by atoms with E-state index >= 15 is 0 Å². The van der Waals surface area contributed by atoms with E-state index in [4.69, 9.17) is 15.2 Å². The average Bonchev–Trinajstić information content (AvgIpc) is 2.46. The van der Waals surface area contributed by atoms with Crippen molar-refractivity contribution in [2.45, 2.75) is 13.0 Å². The Morgan fingerprint density at radius 1 is 0.895 bits per heavy atom. The predicted molar refractivity (Wildman–Crippen MR) is 77.6 cm³/mol. The molecule has 3 nitrogen and oxygen atoms in total. The molecule has 0 spiro atoms. The highest BCUT2D eigenvalue weighted by Gasteiger charge is 2.07. The monoisotopic (exact) mass is 257 g/mol. The second-order valence-corrected chi connectivity index (χ2v) is 4.48. The molecule has 0 radical (unpaired) electrons. The molecule has 0 aromatic heterocycles. The SMILES string of the molecule is COc1ccc(-c2cccc(C(C)N)c2)cc1OC. The van der Waals surface area contributed by atoms with E-state index in [-0.39, 0.29) is 6.04 Å². The standard InChI is InChI=1S/C16H19NO2/c1-11(17)12-5-4-6-13(9-12)14-7-8-15(18-2)16(10-14)19-3/h4-11H,17H2,1-3H3. The summed E-state index contributed by atoms with van der Waals surface area (Å²) in [5.41, 5.74) is 9.24. The molecule has 100 valence electrons. The van der Waals surface area contributed by atoms with Crippen LogP contribution in [0, 0.1) is 0 Å². The Morgan fingerprint density at radius 3 is 2.21 bits per heavy atom. The molecule has 2 N–H and O–H groups in total. The lowest BCUT2D eigenvalue weighted by atomic mass is 10.00. The number of ether oxygens (including phenoxy) is 2. The van der Waals surface area contributed by atoms with Crippen LogP contribution in [-0.4, -0.2) is 14.2 Å². The summed E-state index contributed by atoms with van der Waals surface area (Å²) < 4.78 is 10.6.